The molecular weight excluding hydrogens is 267 g/mol. The van der Waals surface area contributed by atoms with Crippen LogP contribution >= 0.6 is 15.9 Å². The van der Waals surface area contributed by atoms with Gasteiger partial charge in [0, 0.05) is 10.0 Å². The Morgan fingerprint density at radius 1 is 1.33 bits per heavy atom. The average Bonchev–Trinajstić information content (AvgIpc) is 2.27. The van der Waals surface area contributed by atoms with Crippen molar-refractivity contribution in [2.75, 3.05) is 14.2 Å². The highest BCUT2D eigenvalue weighted by atomic mass is 79.9. The van der Waals surface area contributed by atoms with Crippen LogP contribution in [0.15, 0.2) is 16.6 Å². The molecule has 3 nitrogen and oxygen atoms in total. The van der Waals surface area contributed by atoms with Gasteiger partial charge in [-0.15, -0.1) is 0 Å². The highest BCUT2D eigenvalue weighted by Crippen LogP contribution is 2.36. The Bertz CT molecular complexity index is 368. The first-order chi connectivity index (χ1) is 7.13. The van der Waals surface area contributed by atoms with Gasteiger partial charge in [0.1, 0.15) is 0 Å². The molecule has 1 aromatic rings. The van der Waals surface area contributed by atoms with E-state index in [1.54, 1.807) is 6.07 Å². The van der Waals surface area contributed by atoms with Crippen molar-refractivity contribution in [1.82, 2.24) is 0 Å². The van der Waals surface area contributed by atoms with Gasteiger partial charge in [0.05, 0.1) is 14.2 Å². The molecule has 0 N–H and O–H groups in total. The van der Waals surface area contributed by atoms with Crippen LogP contribution < -0.4 is 9.47 Å². The summed E-state index contributed by atoms with van der Waals surface area (Å²) in [6.07, 6.45) is -1.44. The molecule has 0 aliphatic heterocycles. The predicted molar refractivity (Wildman–Crippen MR) is 57.2 cm³/mol. The van der Waals surface area contributed by atoms with E-state index in [1.807, 2.05) is 0 Å². The quantitative estimate of drug-likeness (QED) is 0.794. The van der Waals surface area contributed by atoms with Crippen LogP contribution in [0.3, 0.4) is 0 Å². The summed E-state index contributed by atoms with van der Waals surface area (Å²) in [4.78, 5) is 10.3. The van der Waals surface area contributed by atoms with E-state index in [9.17, 15) is 9.18 Å². The maximum atomic E-state index is 13.2. The van der Waals surface area contributed by atoms with Gasteiger partial charge in [-0.25, -0.2) is 4.39 Å². The molecule has 0 amide bonds. The predicted octanol–water partition coefficient (Wildman–Crippen LogP) is 2.68. The first kappa shape index (κ1) is 12.0. The van der Waals surface area contributed by atoms with Crippen LogP contribution in [-0.4, -0.2) is 20.5 Å². The van der Waals surface area contributed by atoms with Gasteiger partial charge >= 0.3 is 0 Å². The van der Waals surface area contributed by atoms with E-state index >= 15 is 0 Å². The number of carbonyl (C=O) groups is 1. The van der Waals surface area contributed by atoms with Crippen LogP contribution in [0.2, 0.25) is 0 Å². The summed E-state index contributed by atoms with van der Waals surface area (Å²) < 4.78 is 23.7. The summed E-state index contributed by atoms with van der Waals surface area (Å²) in [6.45, 7) is 0. The third-order valence-electron chi connectivity index (χ3n) is 1.92. The molecule has 15 heavy (non-hydrogen) atoms. The Labute approximate surface area is 95.3 Å². The van der Waals surface area contributed by atoms with Crippen molar-refractivity contribution in [3.05, 3.63) is 22.2 Å². The molecule has 0 aromatic heterocycles. The lowest BCUT2D eigenvalue weighted by molar-refractivity contribution is -0.112. The smallest absolute Gasteiger partial charge is 0.181 e. The van der Waals surface area contributed by atoms with Crippen LogP contribution in [0, 0.1) is 0 Å². The Morgan fingerprint density at radius 2 is 1.87 bits per heavy atom. The normalized spacial score (nSPS) is 12.0. The number of rotatable bonds is 4. The molecule has 1 unspecified atom stereocenters. The maximum Gasteiger partial charge on any atom is 0.181 e. The Kier molecular flexibility index (Phi) is 4.08. The second kappa shape index (κ2) is 5.11. The average molecular weight is 277 g/mol. The second-order valence-electron chi connectivity index (χ2n) is 2.77. The van der Waals surface area contributed by atoms with Crippen molar-refractivity contribution in [3.8, 4) is 11.5 Å². The number of alkyl halides is 1. The fraction of sp³-hybridized carbons (Fsp3) is 0.300. The largest absolute Gasteiger partial charge is 0.493 e. The van der Waals surface area contributed by atoms with E-state index in [-0.39, 0.29) is 11.8 Å². The number of benzene rings is 1. The SMILES string of the molecule is COc1cc(Br)c(C(F)C=O)cc1OC. The van der Waals surface area contributed by atoms with E-state index in [1.165, 1.54) is 20.3 Å². The van der Waals surface area contributed by atoms with Gasteiger partial charge in [0.25, 0.3) is 0 Å². The monoisotopic (exact) mass is 276 g/mol. The minimum Gasteiger partial charge on any atom is -0.493 e. The second-order valence-corrected chi connectivity index (χ2v) is 3.62. The van der Waals surface area contributed by atoms with Crippen molar-refractivity contribution >= 4 is 22.2 Å². The molecule has 0 fully saturated rings. The highest BCUT2D eigenvalue weighted by Gasteiger charge is 2.16. The van der Waals surface area contributed by atoms with Crippen LogP contribution in [-0.2, 0) is 4.79 Å². The van der Waals surface area contributed by atoms with E-state index in [0.717, 1.165) is 0 Å². The number of methoxy groups -OCH3 is 2. The van der Waals surface area contributed by atoms with Crippen LogP contribution in [0.1, 0.15) is 11.7 Å². The van der Waals surface area contributed by atoms with Gasteiger partial charge in [0.2, 0.25) is 0 Å². The molecule has 0 aliphatic rings. The van der Waals surface area contributed by atoms with Gasteiger partial charge in [-0.2, -0.15) is 0 Å². The lowest BCUT2D eigenvalue weighted by Gasteiger charge is -2.11. The molecule has 1 rings (SSSR count). The summed E-state index contributed by atoms with van der Waals surface area (Å²) in [5, 5.41) is 0. The minimum atomic E-state index is -1.67. The van der Waals surface area contributed by atoms with Gasteiger partial charge in [-0.3, -0.25) is 4.79 Å². The molecule has 0 saturated heterocycles. The minimum absolute atomic E-state index is 0.225. The summed E-state index contributed by atoms with van der Waals surface area (Å²) in [5.41, 5.74) is 0.225. The Hall–Kier alpha value is -1.10. The summed E-state index contributed by atoms with van der Waals surface area (Å²) >= 11 is 3.16. The van der Waals surface area contributed by atoms with E-state index in [4.69, 9.17) is 9.47 Å². The molecule has 0 spiro atoms. The lowest BCUT2D eigenvalue weighted by Crippen LogP contribution is -1.97. The van der Waals surface area contributed by atoms with Crippen molar-refractivity contribution in [1.29, 1.82) is 0 Å². The molecule has 5 heteroatoms. The van der Waals surface area contributed by atoms with E-state index in [2.05, 4.69) is 15.9 Å². The first-order valence-corrected chi connectivity index (χ1v) is 4.94. The molecule has 0 heterocycles. The molecule has 0 radical (unpaired) electrons. The fourth-order valence-electron chi connectivity index (χ4n) is 1.15. The summed E-state index contributed by atoms with van der Waals surface area (Å²) in [5.74, 6) is 0.867. The van der Waals surface area contributed by atoms with Gasteiger partial charge in [-0.1, -0.05) is 15.9 Å². The lowest BCUT2D eigenvalue weighted by atomic mass is 10.1. The number of halogens is 2. The number of aldehydes is 1. The first-order valence-electron chi connectivity index (χ1n) is 4.14. The summed E-state index contributed by atoms with van der Waals surface area (Å²) in [6, 6.07) is 2.99. The van der Waals surface area contributed by atoms with Gasteiger partial charge < -0.3 is 9.47 Å². The zero-order valence-electron chi connectivity index (χ0n) is 8.29. The number of hydrogen-bond donors (Lipinski definition) is 0. The molecule has 0 bridgehead atoms. The van der Waals surface area contributed by atoms with Crippen LogP contribution in [0.4, 0.5) is 4.39 Å². The molecule has 1 aromatic carbocycles. The highest BCUT2D eigenvalue weighted by molar-refractivity contribution is 9.10. The fourth-order valence-corrected chi connectivity index (χ4v) is 1.70. The maximum absolute atomic E-state index is 13.2. The van der Waals surface area contributed by atoms with Crippen molar-refractivity contribution in [3.63, 3.8) is 0 Å². The topological polar surface area (TPSA) is 35.5 Å². The van der Waals surface area contributed by atoms with E-state index < -0.39 is 6.17 Å². The van der Waals surface area contributed by atoms with Crippen LogP contribution in [0.25, 0.3) is 0 Å². The Balaban J connectivity index is 3.25. The zero-order chi connectivity index (χ0) is 11.4. The third kappa shape index (κ3) is 2.47. The Morgan fingerprint density at radius 3 is 2.33 bits per heavy atom. The molecule has 0 saturated carbocycles. The van der Waals surface area contributed by atoms with Crippen molar-refractivity contribution in [2.45, 2.75) is 6.17 Å². The number of hydrogen-bond acceptors (Lipinski definition) is 3. The standard InChI is InChI=1S/C10H10BrFO3/c1-14-9-3-6(8(12)5-13)7(11)4-10(9)15-2/h3-5,8H,1-2H3. The molecular formula is C10H10BrFO3. The van der Waals surface area contributed by atoms with E-state index in [0.29, 0.717) is 16.0 Å². The van der Waals surface area contributed by atoms with Crippen LogP contribution in [0.5, 0.6) is 11.5 Å². The zero-order valence-corrected chi connectivity index (χ0v) is 9.88. The number of ether oxygens (including phenoxy) is 2. The molecule has 1 atom stereocenters. The summed E-state index contributed by atoms with van der Waals surface area (Å²) in [7, 11) is 2.93. The third-order valence-corrected chi connectivity index (χ3v) is 2.61. The van der Waals surface area contributed by atoms with Crippen molar-refractivity contribution in [2.24, 2.45) is 0 Å². The van der Waals surface area contributed by atoms with Gasteiger partial charge in [0.15, 0.2) is 24.0 Å². The van der Waals surface area contributed by atoms with Crippen molar-refractivity contribution < 1.29 is 18.7 Å². The van der Waals surface area contributed by atoms with Gasteiger partial charge in [-0.05, 0) is 12.1 Å². The number of carbonyl (C=O) groups excluding carboxylic acids is 1. The molecule has 82 valence electrons. The molecule has 0 aliphatic carbocycles.